The van der Waals surface area contributed by atoms with Crippen LogP contribution >= 0.6 is 15.9 Å². The summed E-state index contributed by atoms with van der Waals surface area (Å²) in [6.45, 7) is 4.62. The van der Waals surface area contributed by atoms with Crippen LogP contribution in [0.3, 0.4) is 0 Å². The average Bonchev–Trinajstić information content (AvgIpc) is 2.44. The SMILES string of the molecule is CCOc1cncc(C(NN)c2cc(Br)ccc2C)c1. The van der Waals surface area contributed by atoms with Crippen LogP contribution in [0.1, 0.15) is 29.7 Å². The van der Waals surface area contributed by atoms with E-state index in [0.717, 1.165) is 26.9 Å². The van der Waals surface area contributed by atoms with Gasteiger partial charge >= 0.3 is 0 Å². The fraction of sp³-hybridized carbons (Fsp3) is 0.267. The highest BCUT2D eigenvalue weighted by Crippen LogP contribution is 2.28. The van der Waals surface area contributed by atoms with E-state index in [-0.39, 0.29) is 6.04 Å². The van der Waals surface area contributed by atoms with E-state index in [0.29, 0.717) is 6.61 Å². The third-order valence-corrected chi connectivity index (χ3v) is 3.59. The summed E-state index contributed by atoms with van der Waals surface area (Å²) < 4.78 is 6.51. The molecule has 3 N–H and O–H groups in total. The Kier molecular flexibility index (Phi) is 5.11. The molecular formula is C15H18BrN3O. The van der Waals surface area contributed by atoms with Crippen molar-refractivity contribution < 1.29 is 4.74 Å². The second-order valence-corrected chi connectivity index (χ2v) is 5.40. The van der Waals surface area contributed by atoms with Gasteiger partial charge in [-0.25, -0.2) is 5.43 Å². The zero-order valence-corrected chi connectivity index (χ0v) is 13.1. The molecule has 2 aromatic rings. The summed E-state index contributed by atoms with van der Waals surface area (Å²) >= 11 is 3.50. The number of nitrogens with two attached hydrogens (primary N) is 1. The second kappa shape index (κ2) is 6.83. The number of aryl methyl sites for hydroxylation is 1. The molecule has 0 amide bonds. The van der Waals surface area contributed by atoms with Crippen LogP contribution in [0.2, 0.25) is 0 Å². The van der Waals surface area contributed by atoms with Crippen LogP contribution in [0.25, 0.3) is 0 Å². The quantitative estimate of drug-likeness (QED) is 0.651. The third-order valence-electron chi connectivity index (χ3n) is 3.10. The summed E-state index contributed by atoms with van der Waals surface area (Å²) in [6, 6.07) is 7.97. The van der Waals surface area contributed by atoms with Gasteiger partial charge in [0, 0.05) is 10.7 Å². The number of ether oxygens (including phenoxy) is 1. The van der Waals surface area contributed by atoms with Gasteiger partial charge in [0.25, 0.3) is 0 Å². The molecule has 0 fully saturated rings. The molecule has 4 nitrogen and oxygen atoms in total. The Morgan fingerprint density at radius 1 is 1.35 bits per heavy atom. The van der Waals surface area contributed by atoms with E-state index in [4.69, 9.17) is 10.6 Å². The number of hydrogen-bond acceptors (Lipinski definition) is 4. The Morgan fingerprint density at radius 2 is 2.15 bits per heavy atom. The minimum absolute atomic E-state index is 0.125. The van der Waals surface area contributed by atoms with Crippen molar-refractivity contribution >= 4 is 15.9 Å². The predicted octanol–water partition coefficient (Wildman–Crippen LogP) is 3.10. The van der Waals surface area contributed by atoms with Crippen molar-refractivity contribution in [2.24, 2.45) is 5.84 Å². The predicted molar refractivity (Wildman–Crippen MR) is 83.5 cm³/mol. The van der Waals surface area contributed by atoms with Crippen molar-refractivity contribution in [3.05, 3.63) is 57.8 Å². The van der Waals surface area contributed by atoms with Gasteiger partial charge in [-0.05, 0) is 48.7 Å². The Morgan fingerprint density at radius 3 is 2.85 bits per heavy atom. The highest BCUT2D eigenvalue weighted by atomic mass is 79.9. The van der Waals surface area contributed by atoms with Gasteiger partial charge in [-0.2, -0.15) is 0 Å². The van der Waals surface area contributed by atoms with Gasteiger partial charge in [0.2, 0.25) is 0 Å². The molecule has 1 aromatic carbocycles. The van der Waals surface area contributed by atoms with Gasteiger partial charge in [-0.1, -0.05) is 22.0 Å². The lowest BCUT2D eigenvalue weighted by Crippen LogP contribution is -2.29. The number of nitrogens with zero attached hydrogens (tertiary/aromatic N) is 1. The molecule has 0 saturated carbocycles. The first kappa shape index (κ1) is 15.0. The standard InChI is InChI=1S/C15H18BrN3O/c1-3-20-13-6-11(8-18-9-13)15(19-17)14-7-12(16)5-4-10(14)2/h4-9,15,19H,3,17H2,1-2H3. The van der Waals surface area contributed by atoms with Crippen LogP contribution in [0.5, 0.6) is 5.75 Å². The van der Waals surface area contributed by atoms with Crippen LogP contribution in [-0.4, -0.2) is 11.6 Å². The van der Waals surface area contributed by atoms with Gasteiger partial charge in [-0.15, -0.1) is 0 Å². The molecule has 20 heavy (non-hydrogen) atoms. The molecule has 0 radical (unpaired) electrons. The molecule has 0 saturated heterocycles. The van der Waals surface area contributed by atoms with Crippen molar-refractivity contribution in [1.29, 1.82) is 0 Å². The van der Waals surface area contributed by atoms with E-state index in [2.05, 4.69) is 45.4 Å². The molecule has 106 valence electrons. The van der Waals surface area contributed by atoms with Gasteiger partial charge in [0.15, 0.2) is 0 Å². The summed E-state index contributed by atoms with van der Waals surface area (Å²) in [6.07, 6.45) is 3.50. The minimum atomic E-state index is -0.125. The highest BCUT2D eigenvalue weighted by molar-refractivity contribution is 9.10. The summed E-state index contributed by atoms with van der Waals surface area (Å²) in [7, 11) is 0. The van der Waals surface area contributed by atoms with Crippen LogP contribution in [0, 0.1) is 6.92 Å². The molecule has 1 heterocycles. The van der Waals surface area contributed by atoms with Crippen molar-refractivity contribution in [2.75, 3.05) is 6.61 Å². The number of benzene rings is 1. The van der Waals surface area contributed by atoms with E-state index in [9.17, 15) is 0 Å². The molecule has 0 spiro atoms. The lowest BCUT2D eigenvalue weighted by molar-refractivity contribution is 0.338. The molecule has 0 aliphatic carbocycles. The molecule has 1 atom stereocenters. The number of hydrogen-bond donors (Lipinski definition) is 2. The molecule has 5 heteroatoms. The largest absolute Gasteiger partial charge is 0.492 e. The zero-order chi connectivity index (χ0) is 14.5. The van der Waals surface area contributed by atoms with Crippen LogP contribution in [0.15, 0.2) is 41.1 Å². The maximum absolute atomic E-state index is 5.75. The van der Waals surface area contributed by atoms with Crippen molar-refractivity contribution in [1.82, 2.24) is 10.4 Å². The highest BCUT2D eigenvalue weighted by Gasteiger charge is 2.16. The molecule has 0 bridgehead atoms. The topological polar surface area (TPSA) is 60.2 Å². The Hall–Kier alpha value is -1.43. The number of halogens is 1. The Bertz CT molecular complexity index is 589. The maximum atomic E-state index is 5.75. The van der Waals surface area contributed by atoms with Crippen molar-refractivity contribution in [3.8, 4) is 5.75 Å². The molecule has 2 rings (SSSR count). The first-order valence-electron chi connectivity index (χ1n) is 6.45. The van der Waals surface area contributed by atoms with E-state index < -0.39 is 0 Å². The lowest BCUT2D eigenvalue weighted by atomic mass is 9.96. The Labute approximate surface area is 127 Å². The van der Waals surface area contributed by atoms with E-state index in [1.807, 2.05) is 19.1 Å². The number of nitrogens with one attached hydrogen (secondary N) is 1. The van der Waals surface area contributed by atoms with Crippen molar-refractivity contribution in [3.63, 3.8) is 0 Å². The van der Waals surface area contributed by atoms with E-state index >= 15 is 0 Å². The van der Waals surface area contributed by atoms with Gasteiger partial charge < -0.3 is 4.74 Å². The molecule has 1 unspecified atom stereocenters. The number of pyridine rings is 1. The third kappa shape index (κ3) is 3.36. The van der Waals surface area contributed by atoms with Gasteiger partial charge in [-0.3, -0.25) is 10.8 Å². The average molecular weight is 336 g/mol. The number of rotatable bonds is 5. The first-order chi connectivity index (χ1) is 9.65. The number of hydrazine groups is 1. The number of aromatic nitrogens is 1. The van der Waals surface area contributed by atoms with Crippen LogP contribution in [0.4, 0.5) is 0 Å². The van der Waals surface area contributed by atoms with E-state index in [1.165, 1.54) is 0 Å². The minimum Gasteiger partial charge on any atom is -0.492 e. The summed E-state index contributed by atoms with van der Waals surface area (Å²) in [4.78, 5) is 4.22. The zero-order valence-electron chi connectivity index (χ0n) is 11.6. The second-order valence-electron chi connectivity index (χ2n) is 4.49. The monoisotopic (exact) mass is 335 g/mol. The maximum Gasteiger partial charge on any atom is 0.137 e. The van der Waals surface area contributed by atoms with Crippen molar-refractivity contribution in [2.45, 2.75) is 19.9 Å². The normalized spacial score (nSPS) is 12.2. The summed E-state index contributed by atoms with van der Waals surface area (Å²) in [5.74, 6) is 6.49. The summed E-state index contributed by atoms with van der Waals surface area (Å²) in [5.41, 5.74) is 6.10. The summed E-state index contributed by atoms with van der Waals surface area (Å²) in [5, 5.41) is 0. The fourth-order valence-electron chi connectivity index (χ4n) is 2.13. The molecule has 0 aliphatic heterocycles. The fourth-order valence-corrected chi connectivity index (χ4v) is 2.51. The molecular weight excluding hydrogens is 318 g/mol. The van der Waals surface area contributed by atoms with Gasteiger partial charge in [0.1, 0.15) is 5.75 Å². The van der Waals surface area contributed by atoms with E-state index in [1.54, 1.807) is 12.4 Å². The molecule has 0 aliphatic rings. The lowest BCUT2D eigenvalue weighted by Gasteiger charge is -2.19. The molecule has 1 aromatic heterocycles. The Balaban J connectivity index is 2.41. The smallest absolute Gasteiger partial charge is 0.137 e. The first-order valence-corrected chi connectivity index (χ1v) is 7.25. The van der Waals surface area contributed by atoms with Gasteiger partial charge in [0.05, 0.1) is 18.8 Å². The van der Waals surface area contributed by atoms with Crippen LogP contribution in [-0.2, 0) is 0 Å². The van der Waals surface area contributed by atoms with Crippen LogP contribution < -0.4 is 16.0 Å².